The van der Waals surface area contributed by atoms with Gasteiger partial charge in [-0.15, -0.1) is 0 Å². The summed E-state index contributed by atoms with van der Waals surface area (Å²) in [6.45, 7) is 0. The Balaban J connectivity index is 0.000000810. The second kappa shape index (κ2) is 6.29. The van der Waals surface area contributed by atoms with Gasteiger partial charge in [0.1, 0.15) is 11.5 Å². The van der Waals surface area contributed by atoms with Crippen molar-refractivity contribution < 1.29 is 10.2 Å². The fourth-order valence-corrected chi connectivity index (χ4v) is 2.08. The Hall–Kier alpha value is -0.220. The molecule has 0 unspecified atom stereocenters. The summed E-state index contributed by atoms with van der Waals surface area (Å²) in [5, 5.41) is 23.0. The predicted molar refractivity (Wildman–Crippen MR) is 76.3 cm³/mol. The molecule has 0 bridgehead atoms. The maximum atomic E-state index is 10.1. The molecule has 3 aromatic rings. The standard InChI is InChI=1S/C14H10O2.2Na/c15-13-9-5-1-2-6-10(9)14(16)12-8-4-3-7-11(12)13;;/h1-8,15-16H;;. The summed E-state index contributed by atoms with van der Waals surface area (Å²) < 4.78 is 0. The van der Waals surface area contributed by atoms with Crippen LogP contribution in [0.4, 0.5) is 0 Å². The van der Waals surface area contributed by atoms with Crippen LogP contribution in [0.1, 0.15) is 0 Å². The monoisotopic (exact) mass is 256 g/mol. The first-order valence-corrected chi connectivity index (χ1v) is 5.10. The van der Waals surface area contributed by atoms with Gasteiger partial charge < -0.3 is 10.2 Å². The summed E-state index contributed by atoms with van der Waals surface area (Å²) in [4.78, 5) is 0. The first kappa shape index (κ1) is 15.8. The first-order chi connectivity index (χ1) is 7.79. The second-order valence-corrected chi connectivity index (χ2v) is 3.79. The summed E-state index contributed by atoms with van der Waals surface area (Å²) in [5.41, 5.74) is 0. The van der Waals surface area contributed by atoms with Crippen LogP contribution < -0.4 is 0 Å². The quantitative estimate of drug-likeness (QED) is 0.369. The third-order valence-corrected chi connectivity index (χ3v) is 2.87. The van der Waals surface area contributed by atoms with Crippen LogP contribution in [0.3, 0.4) is 0 Å². The van der Waals surface area contributed by atoms with Crippen molar-refractivity contribution in [1.82, 2.24) is 0 Å². The van der Waals surface area contributed by atoms with E-state index < -0.39 is 0 Å². The maximum Gasteiger partial charge on any atom is 0.131 e. The van der Waals surface area contributed by atoms with E-state index in [4.69, 9.17) is 0 Å². The van der Waals surface area contributed by atoms with Gasteiger partial charge in [-0.2, -0.15) is 0 Å². The van der Waals surface area contributed by atoms with Gasteiger partial charge in [0.2, 0.25) is 0 Å². The molecule has 3 rings (SSSR count). The SMILES string of the molecule is Oc1c2ccccc2c(O)c2ccccc12.[Na].[Na]. The fourth-order valence-electron chi connectivity index (χ4n) is 2.08. The Bertz CT molecular complexity index is 579. The van der Waals surface area contributed by atoms with Crippen LogP contribution in [-0.2, 0) is 0 Å². The first-order valence-electron chi connectivity index (χ1n) is 5.10. The molecule has 2 nitrogen and oxygen atoms in total. The number of hydrogen-bond donors (Lipinski definition) is 2. The molecule has 0 fully saturated rings. The minimum absolute atomic E-state index is 0. The summed E-state index contributed by atoms with van der Waals surface area (Å²) in [5.74, 6) is 0.452. The Morgan fingerprint density at radius 2 is 0.722 bits per heavy atom. The van der Waals surface area contributed by atoms with Crippen LogP contribution in [0.15, 0.2) is 48.5 Å². The molecule has 0 aliphatic heterocycles. The van der Waals surface area contributed by atoms with E-state index >= 15 is 0 Å². The average molecular weight is 256 g/mol. The molecule has 0 saturated carbocycles. The van der Waals surface area contributed by atoms with Crippen molar-refractivity contribution in [3.05, 3.63) is 48.5 Å². The summed E-state index contributed by atoms with van der Waals surface area (Å²) in [6, 6.07) is 14.6. The van der Waals surface area contributed by atoms with Crippen molar-refractivity contribution in [2.24, 2.45) is 0 Å². The minimum atomic E-state index is 0. The molecular formula is C14H10Na2O2. The molecule has 0 aromatic heterocycles. The molecule has 0 atom stereocenters. The molecule has 4 heteroatoms. The van der Waals surface area contributed by atoms with Crippen molar-refractivity contribution in [2.45, 2.75) is 0 Å². The number of rotatable bonds is 0. The van der Waals surface area contributed by atoms with E-state index in [1.54, 1.807) is 24.3 Å². The zero-order chi connectivity index (χ0) is 11.1. The number of hydrogen-bond acceptors (Lipinski definition) is 2. The molecule has 0 saturated heterocycles. The van der Waals surface area contributed by atoms with E-state index in [-0.39, 0.29) is 70.6 Å². The smallest absolute Gasteiger partial charge is 0.131 e. The van der Waals surface area contributed by atoms with Crippen LogP contribution in [0, 0.1) is 0 Å². The molecule has 3 aromatic carbocycles. The largest absolute Gasteiger partial charge is 0.507 e. The van der Waals surface area contributed by atoms with Gasteiger partial charge in [-0.05, 0) is 0 Å². The van der Waals surface area contributed by atoms with Gasteiger partial charge >= 0.3 is 0 Å². The molecule has 2 N–H and O–H groups in total. The minimum Gasteiger partial charge on any atom is -0.507 e. The number of phenolic OH excluding ortho intramolecular Hbond substituents is 2. The maximum absolute atomic E-state index is 10.1. The average Bonchev–Trinajstić information content (AvgIpc) is 2.36. The Labute approximate surface area is 149 Å². The van der Waals surface area contributed by atoms with Gasteiger partial charge in [0.05, 0.1) is 0 Å². The molecule has 0 aliphatic rings. The predicted octanol–water partition coefficient (Wildman–Crippen LogP) is 2.64. The molecule has 0 heterocycles. The number of fused-ring (bicyclic) bond motifs is 2. The summed E-state index contributed by atoms with van der Waals surface area (Å²) in [6.07, 6.45) is 0. The van der Waals surface area contributed by atoms with Crippen LogP contribution >= 0.6 is 0 Å². The number of aromatic hydroxyl groups is 2. The van der Waals surface area contributed by atoms with E-state index in [9.17, 15) is 10.2 Å². The number of phenols is 2. The van der Waals surface area contributed by atoms with Gasteiger partial charge in [0, 0.05) is 80.7 Å². The van der Waals surface area contributed by atoms with Crippen LogP contribution in [0.25, 0.3) is 21.5 Å². The molecule has 2 radical (unpaired) electrons. The summed E-state index contributed by atoms with van der Waals surface area (Å²) >= 11 is 0. The topological polar surface area (TPSA) is 40.5 Å². The van der Waals surface area contributed by atoms with Crippen LogP contribution in [-0.4, -0.2) is 69.3 Å². The van der Waals surface area contributed by atoms with Crippen molar-refractivity contribution in [2.75, 3.05) is 0 Å². The van der Waals surface area contributed by atoms with Crippen molar-refractivity contribution >= 4 is 80.7 Å². The third-order valence-electron chi connectivity index (χ3n) is 2.87. The van der Waals surface area contributed by atoms with Crippen molar-refractivity contribution in [3.63, 3.8) is 0 Å². The Kier molecular flexibility index (Phi) is 5.53. The van der Waals surface area contributed by atoms with Gasteiger partial charge in [0.15, 0.2) is 0 Å². The fraction of sp³-hybridized carbons (Fsp3) is 0. The second-order valence-electron chi connectivity index (χ2n) is 3.79. The summed E-state index contributed by atoms with van der Waals surface area (Å²) in [7, 11) is 0. The normalized spacial score (nSPS) is 9.78. The van der Waals surface area contributed by atoms with E-state index in [0.717, 1.165) is 0 Å². The van der Waals surface area contributed by atoms with E-state index in [2.05, 4.69) is 0 Å². The van der Waals surface area contributed by atoms with Crippen molar-refractivity contribution in [1.29, 1.82) is 0 Å². The molecule has 0 aliphatic carbocycles. The third kappa shape index (κ3) is 2.42. The Morgan fingerprint density at radius 3 is 0.944 bits per heavy atom. The van der Waals surface area contributed by atoms with Crippen LogP contribution in [0.2, 0.25) is 0 Å². The van der Waals surface area contributed by atoms with Gasteiger partial charge in [-0.25, -0.2) is 0 Å². The zero-order valence-corrected chi connectivity index (χ0v) is 14.5. The van der Waals surface area contributed by atoms with Crippen molar-refractivity contribution in [3.8, 4) is 11.5 Å². The van der Waals surface area contributed by atoms with Crippen LogP contribution in [0.5, 0.6) is 11.5 Å². The number of benzene rings is 3. The molecular weight excluding hydrogens is 246 g/mol. The van der Waals surface area contributed by atoms with Gasteiger partial charge in [-0.3, -0.25) is 0 Å². The molecule has 0 amide bonds. The van der Waals surface area contributed by atoms with Gasteiger partial charge in [0.25, 0.3) is 0 Å². The molecule has 0 spiro atoms. The Morgan fingerprint density at radius 1 is 0.500 bits per heavy atom. The van der Waals surface area contributed by atoms with E-state index in [1.165, 1.54) is 0 Å². The van der Waals surface area contributed by atoms with E-state index in [0.29, 0.717) is 21.5 Å². The molecule has 18 heavy (non-hydrogen) atoms. The zero-order valence-electron chi connectivity index (χ0n) is 10.5. The van der Waals surface area contributed by atoms with Gasteiger partial charge in [-0.1, -0.05) is 48.5 Å². The molecule has 80 valence electrons. The van der Waals surface area contributed by atoms with E-state index in [1.807, 2.05) is 24.3 Å².